The van der Waals surface area contributed by atoms with Crippen LogP contribution in [0.2, 0.25) is 51.4 Å². The second-order valence-corrected chi connectivity index (χ2v) is 25.3. The van der Waals surface area contributed by atoms with E-state index in [1.54, 1.807) is 0 Å². The second kappa shape index (κ2) is 12.8. The van der Waals surface area contributed by atoms with Gasteiger partial charge in [-0.05, 0) is 43.8 Å². The molecule has 0 bridgehead atoms. The maximum absolute atomic E-state index is 6.33. The lowest BCUT2D eigenvalue weighted by molar-refractivity contribution is 0.0941. The third-order valence-electron chi connectivity index (χ3n) is 7.76. The van der Waals surface area contributed by atoms with Crippen LogP contribution in [0.3, 0.4) is 0 Å². The lowest BCUT2D eigenvalue weighted by Crippen LogP contribution is -2.34. The highest BCUT2D eigenvalue weighted by molar-refractivity contribution is 6.76. The molecule has 0 N–H and O–H groups in total. The molecule has 0 aliphatic heterocycles. The van der Waals surface area contributed by atoms with E-state index in [2.05, 4.69) is 75.4 Å². The number of anilines is 1. The van der Waals surface area contributed by atoms with Crippen LogP contribution in [0.1, 0.15) is 30.0 Å². The molecule has 0 spiro atoms. The first-order chi connectivity index (χ1) is 20.0. The van der Waals surface area contributed by atoms with Crippen molar-refractivity contribution in [3.05, 3.63) is 66.1 Å². The Balaban J connectivity index is 1.49. The van der Waals surface area contributed by atoms with E-state index >= 15 is 0 Å². The van der Waals surface area contributed by atoms with Crippen LogP contribution in [-0.4, -0.2) is 62.4 Å². The largest absolute Gasteiger partial charge is 0.361 e. The molecule has 0 amide bonds. The maximum Gasteiger partial charge on any atom is 0.165 e. The molecule has 1 aromatic carbocycles. The van der Waals surface area contributed by atoms with Gasteiger partial charge in [0.2, 0.25) is 0 Å². The Morgan fingerprint density at radius 1 is 0.833 bits per heavy atom. The van der Waals surface area contributed by atoms with Gasteiger partial charge < -0.3 is 14.4 Å². The van der Waals surface area contributed by atoms with Crippen molar-refractivity contribution in [2.45, 2.75) is 77.1 Å². The molecule has 7 nitrogen and oxygen atoms in total. The summed E-state index contributed by atoms with van der Waals surface area (Å²) < 4.78 is 14.7. The number of nitrogens with zero attached hydrogens (tertiary/aromatic N) is 5. The molecular weight excluding hydrogens is 555 g/mol. The van der Waals surface area contributed by atoms with E-state index in [1.807, 2.05) is 35.1 Å². The summed E-state index contributed by atoms with van der Waals surface area (Å²) in [7, 11) is -2.39. The number of fused-ring (bicyclic) bond motifs is 1. The number of ether oxygens (including phenoxy) is 2. The lowest BCUT2D eigenvalue weighted by Gasteiger charge is -2.29. The molecule has 4 aromatic rings. The molecule has 1 aliphatic carbocycles. The van der Waals surface area contributed by atoms with Crippen molar-refractivity contribution in [2.24, 2.45) is 0 Å². The average molecular weight is 602 g/mol. The number of pyridine rings is 1. The van der Waals surface area contributed by atoms with Crippen LogP contribution in [-0.2, 0) is 9.47 Å². The van der Waals surface area contributed by atoms with Crippen LogP contribution < -0.4 is 4.90 Å². The Bertz CT molecular complexity index is 1450. The molecule has 3 heterocycles. The van der Waals surface area contributed by atoms with Crippen LogP contribution >= 0.6 is 0 Å². The van der Waals surface area contributed by atoms with E-state index in [0.29, 0.717) is 19.4 Å². The highest BCUT2D eigenvalue weighted by Gasteiger charge is 2.33. The number of hydrogen-bond donors (Lipinski definition) is 0. The summed E-state index contributed by atoms with van der Waals surface area (Å²) in [6.45, 7) is 18.9. The lowest BCUT2D eigenvalue weighted by atomic mass is 10.1. The zero-order valence-corrected chi connectivity index (χ0v) is 28.5. The van der Waals surface area contributed by atoms with Crippen LogP contribution in [0.5, 0.6) is 0 Å². The minimum absolute atomic E-state index is 0.470. The molecule has 9 heteroatoms. The number of aryl methyl sites for hydroxylation is 1. The third kappa shape index (κ3) is 7.75. The molecule has 0 unspecified atom stereocenters. The van der Waals surface area contributed by atoms with Crippen molar-refractivity contribution < 1.29 is 9.47 Å². The van der Waals surface area contributed by atoms with Gasteiger partial charge in [-0.1, -0.05) is 75.7 Å². The molecule has 1 fully saturated rings. The van der Waals surface area contributed by atoms with Crippen LogP contribution in [0.4, 0.5) is 5.82 Å². The second-order valence-electron chi connectivity index (χ2n) is 14.0. The quantitative estimate of drug-likeness (QED) is 0.0827. The molecule has 42 heavy (non-hydrogen) atoms. The van der Waals surface area contributed by atoms with Crippen LogP contribution in [0, 0.1) is 6.92 Å². The monoisotopic (exact) mass is 601 g/mol. The molecule has 0 saturated heterocycles. The first-order valence-electron chi connectivity index (χ1n) is 15.3. The minimum atomic E-state index is -1.20. The van der Waals surface area contributed by atoms with E-state index < -0.39 is 16.1 Å². The van der Waals surface area contributed by atoms with Crippen LogP contribution in [0.25, 0.3) is 28.0 Å². The van der Waals surface area contributed by atoms with Crippen LogP contribution in [0.15, 0.2) is 54.9 Å². The topological polar surface area (TPSA) is 64.8 Å². The average Bonchev–Trinajstić information content (AvgIpc) is 3.69. The van der Waals surface area contributed by atoms with Crippen molar-refractivity contribution >= 4 is 27.6 Å². The fourth-order valence-corrected chi connectivity index (χ4v) is 6.57. The highest BCUT2D eigenvalue weighted by atomic mass is 28.3. The smallest absolute Gasteiger partial charge is 0.165 e. The third-order valence-corrected chi connectivity index (χ3v) is 11.2. The normalized spacial score (nSPS) is 14.1. The zero-order valence-electron chi connectivity index (χ0n) is 26.5. The Labute approximate surface area is 253 Å². The van der Waals surface area contributed by atoms with E-state index in [-0.39, 0.29) is 0 Å². The van der Waals surface area contributed by atoms with Gasteiger partial charge in [-0.15, -0.1) is 0 Å². The van der Waals surface area contributed by atoms with Gasteiger partial charge in [-0.2, -0.15) is 9.61 Å². The Morgan fingerprint density at radius 2 is 1.48 bits per heavy atom. The molecule has 0 atom stereocenters. The predicted octanol–water partition coefficient (Wildman–Crippen LogP) is 8.08. The Hall–Kier alpha value is -2.86. The Kier molecular flexibility index (Phi) is 9.32. The first-order valence-corrected chi connectivity index (χ1v) is 22.7. The van der Waals surface area contributed by atoms with Gasteiger partial charge in [-0.3, -0.25) is 4.98 Å². The number of benzene rings is 1. The molecular formula is C33H47N5O2Si2. The van der Waals surface area contributed by atoms with Gasteiger partial charge in [0.15, 0.2) is 5.65 Å². The van der Waals surface area contributed by atoms with E-state index in [4.69, 9.17) is 24.5 Å². The number of hydrogen-bond acceptors (Lipinski definition) is 6. The van der Waals surface area contributed by atoms with Gasteiger partial charge in [0.25, 0.3) is 0 Å². The van der Waals surface area contributed by atoms with Gasteiger partial charge in [0.05, 0.1) is 11.9 Å². The van der Waals surface area contributed by atoms with Gasteiger partial charge in [-0.25, -0.2) is 4.98 Å². The van der Waals surface area contributed by atoms with E-state index in [0.717, 1.165) is 64.8 Å². The summed E-state index contributed by atoms with van der Waals surface area (Å²) >= 11 is 0. The summed E-state index contributed by atoms with van der Waals surface area (Å²) in [6.07, 6.45) is 6.22. The fraction of sp³-hybridized carbons (Fsp3) is 0.485. The highest BCUT2D eigenvalue weighted by Crippen LogP contribution is 2.46. The van der Waals surface area contributed by atoms with Crippen molar-refractivity contribution in [3.63, 3.8) is 0 Å². The van der Waals surface area contributed by atoms with Crippen molar-refractivity contribution in [1.29, 1.82) is 0 Å². The van der Waals surface area contributed by atoms with Crippen molar-refractivity contribution in [3.8, 4) is 22.4 Å². The standard InChI is InChI=1S/C33H47N5O2Si2/c1-25-31(27-13-14-27)33(37(23-39-17-19-41(2,3)4)24-40-18-20-42(5,6)7)38-32(36-25)29(22-35-38)28-15-16-30(34-21-28)26-11-9-8-10-12-26/h8-12,15-16,21-22,27H,13-14,17-20,23-24H2,1-7H3. The predicted molar refractivity (Wildman–Crippen MR) is 179 cm³/mol. The summed E-state index contributed by atoms with van der Waals surface area (Å²) in [5, 5.41) is 4.93. The Morgan fingerprint density at radius 3 is 2.02 bits per heavy atom. The summed E-state index contributed by atoms with van der Waals surface area (Å²) in [4.78, 5) is 12.2. The van der Waals surface area contributed by atoms with E-state index in [1.165, 1.54) is 18.4 Å². The van der Waals surface area contributed by atoms with Gasteiger partial charge in [0, 0.05) is 63.5 Å². The maximum atomic E-state index is 6.33. The SMILES string of the molecule is Cc1nc2c(-c3ccc(-c4ccccc4)nc3)cnn2c(N(COCC[Si](C)(C)C)COCC[Si](C)(C)C)c1C1CC1. The van der Waals surface area contributed by atoms with Crippen molar-refractivity contribution in [1.82, 2.24) is 19.6 Å². The van der Waals surface area contributed by atoms with Gasteiger partial charge in [0.1, 0.15) is 19.3 Å². The minimum Gasteiger partial charge on any atom is -0.361 e. The number of aromatic nitrogens is 4. The summed E-state index contributed by atoms with van der Waals surface area (Å²) in [5.41, 5.74) is 7.22. The molecule has 3 aromatic heterocycles. The first kappa shape index (κ1) is 30.6. The molecule has 5 rings (SSSR count). The van der Waals surface area contributed by atoms with Gasteiger partial charge >= 0.3 is 0 Å². The van der Waals surface area contributed by atoms with E-state index in [9.17, 15) is 0 Å². The molecule has 224 valence electrons. The molecule has 0 radical (unpaired) electrons. The molecule has 1 saturated carbocycles. The zero-order chi connectivity index (χ0) is 29.9. The summed E-state index contributed by atoms with van der Waals surface area (Å²) in [6, 6.07) is 16.7. The summed E-state index contributed by atoms with van der Waals surface area (Å²) in [5.74, 6) is 1.56. The number of rotatable bonds is 14. The van der Waals surface area contributed by atoms with Crippen molar-refractivity contribution in [2.75, 3.05) is 31.6 Å². The fourth-order valence-electron chi connectivity index (χ4n) is 5.06. The molecule has 1 aliphatic rings.